The van der Waals surface area contributed by atoms with Crippen LogP contribution in [0.25, 0.3) is 0 Å². The lowest BCUT2D eigenvalue weighted by molar-refractivity contribution is -0.143. The molecule has 0 spiro atoms. The summed E-state index contributed by atoms with van der Waals surface area (Å²) in [5.74, 6) is 1.69. The number of carbonyl (C=O) groups is 2. The second-order valence-corrected chi connectivity index (χ2v) is 8.89. The van der Waals surface area contributed by atoms with E-state index in [4.69, 9.17) is 20.3 Å². The Bertz CT molecular complexity index is 879. The molecule has 2 heterocycles. The van der Waals surface area contributed by atoms with Crippen LogP contribution in [0.2, 0.25) is 0 Å². The zero-order chi connectivity index (χ0) is 22.7. The molecule has 2 amide bonds. The summed E-state index contributed by atoms with van der Waals surface area (Å²) in [5.41, 5.74) is 7.48. The number of methoxy groups -OCH3 is 2. The third kappa shape index (κ3) is 4.33. The summed E-state index contributed by atoms with van der Waals surface area (Å²) >= 11 is 0. The Labute approximate surface area is 189 Å². The highest BCUT2D eigenvalue weighted by molar-refractivity contribution is 6.07. The largest absolute Gasteiger partial charge is 0.493 e. The number of nitrogens with zero attached hydrogens (tertiary/aromatic N) is 3. The number of rotatable bonds is 6. The van der Waals surface area contributed by atoms with E-state index in [0.717, 1.165) is 49.8 Å². The topological polar surface area (TPSA) is 97.5 Å². The quantitative estimate of drug-likeness (QED) is 0.730. The van der Waals surface area contributed by atoms with Crippen LogP contribution < -0.4 is 15.2 Å². The lowest BCUT2D eigenvalue weighted by Gasteiger charge is -2.43. The zero-order valence-corrected chi connectivity index (χ0v) is 19.1. The Morgan fingerprint density at radius 1 is 1.06 bits per heavy atom. The molecule has 32 heavy (non-hydrogen) atoms. The number of ether oxygens (including phenoxy) is 2. The fraction of sp³-hybridized carbons (Fsp3) is 0.625. The highest BCUT2D eigenvalue weighted by Gasteiger charge is 2.44. The van der Waals surface area contributed by atoms with Crippen LogP contribution in [0.4, 0.5) is 0 Å². The fourth-order valence-corrected chi connectivity index (χ4v) is 5.33. The summed E-state index contributed by atoms with van der Waals surface area (Å²) in [7, 11) is 3.25. The van der Waals surface area contributed by atoms with Gasteiger partial charge in [-0.25, -0.2) is 5.01 Å². The Hall–Kier alpha value is -2.61. The van der Waals surface area contributed by atoms with Crippen LogP contribution in [0, 0.1) is 11.8 Å². The molecular weight excluding hydrogens is 408 g/mol. The van der Waals surface area contributed by atoms with Gasteiger partial charge in [0.25, 0.3) is 0 Å². The van der Waals surface area contributed by atoms with E-state index in [2.05, 4.69) is 0 Å². The standard InChI is InChI=1S/C24H34N4O4/c1-31-20-8-7-16(15-21(20)32-2)23-18-5-3-4-6-19(18)24(30)28(26-23)17-10-13-27(14-11-17)22(29)9-12-25/h7-8,15,17-19H,3-6,9-14,25H2,1-2H3/t18-,19+/m0/s1. The highest BCUT2D eigenvalue weighted by Crippen LogP contribution is 2.40. The molecule has 8 heteroatoms. The van der Waals surface area contributed by atoms with Gasteiger partial charge in [-0.1, -0.05) is 12.8 Å². The number of carbonyl (C=O) groups excluding carboxylic acids is 2. The van der Waals surface area contributed by atoms with Crippen LogP contribution in [0.15, 0.2) is 23.3 Å². The summed E-state index contributed by atoms with van der Waals surface area (Å²) in [6.07, 6.45) is 5.92. The van der Waals surface area contributed by atoms with Crippen molar-refractivity contribution in [3.63, 3.8) is 0 Å². The fourth-order valence-electron chi connectivity index (χ4n) is 5.33. The summed E-state index contributed by atoms with van der Waals surface area (Å²) in [6, 6.07) is 5.89. The monoisotopic (exact) mass is 442 g/mol. The molecule has 4 rings (SSSR count). The Morgan fingerprint density at radius 2 is 1.75 bits per heavy atom. The van der Waals surface area contributed by atoms with Gasteiger partial charge in [0, 0.05) is 43.5 Å². The second kappa shape index (κ2) is 9.90. The minimum atomic E-state index is -0.0266. The number of amides is 2. The molecular formula is C24H34N4O4. The van der Waals surface area contributed by atoms with Crippen LogP contribution >= 0.6 is 0 Å². The first-order chi connectivity index (χ1) is 15.6. The van der Waals surface area contributed by atoms with E-state index in [-0.39, 0.29) is 29.7 Å². The zero-order valence-electron chi connectivity index (χ0n) is 19.1. The number of hydrogen-bond donors (Lipinski definition) is 1. The van der Waals surface area contributed by atoms with Crippen molar-refractivity contribution in [2.45, 2.75) is 51.0 Å². The van der Waals surface area contributed by atoms with Crippen molar-refractivity contribution in [1.82, 2.24) is 9.91 Å². The first-order valence-corrected chi connectivity index (χ1v) is 11.7. The van der Waals surface area contributed by atoms with Gasteiger partial charge < -0.3 is 20.1 Å². The molecule has 0 unspecified atom stereocenters. The molecule has 1 aromatic rings. The van der Waals surface area contributed by atoms with Crippen LogP contribution in [0.5, 0.6) is 11.5 Å². The van der Waals surface area contributed by atoms with Gasteiger partial charge in [-0.05, 0) is 43.9 Å². The molecule has 2 fully saturated rings. The molecule has 0 bridgehead atoms. The van der Waals surface area contributed by atoms with Crippen LogP contribution in [0.1, 0.15) is 50.5 Å². The van der Waals surface area contributed by atoms with Crippen molar-refractivity contribution in [1.29, 1.82) is 0 Å². The highest BCUT2D eigenvalue weighted by atomic mass is 16.5. The van der Waals surface area contributed by atoms with Gasteiger partial charge in [-0.3, -0.25) is 9.59 Å². The number of hydrazone groups is 1. The number of hydrogen-bond acceptors (Lipinski definition) is 6. The second-order valence-electron chi connectivity index (χ2n) is 8.89. The third-order valence-electron chi connectivity index (χ3n) is 7.08. The Kier molecular flexibility index (Phi) is 6.98. The van der Waals surface area contributed by atoms with E-state index in [1.54, 1.807) is 19.2 Å². The van der Waals surface area contributed by atoms with Gasteiger partial charge in [-0.2, -0.15) is 5.10 Å². The summed E-state index contributed by atoms with van der Waals surface area (Å²) in [4.78, 5) is 27.5. The molecule has 174 valence electrons. The number of fused-ring (bicyclic) bond motifs is 1. The van der Waals surface area contributed by atoms with Gasteiger partial charge in [0.15, 0.2) is 11.5 Å². The lowest BCUT2D eigenvalue weighted by Crippen LogP contribution is -2.53. The number of likely N-dealkylation sites (tertiary alicyclic amines) is 1. The normalized spacial score (nSPS) is 24.1. The molecule has 1 aromatic carbocycles. The molecule has 2 atom stereocenters. The van der Waals surface area contributed by atoms with Gasteiger partial charge in [0.05, 0.1) is 26.0 Å². The number of nitrogens with two attached hydrogens (primary N) is 1. The van der Waals surface area contributed by atoms with Gasteiger partial charge in [0.1, 0.15) is 0 Å². The van der Waals surface area contributed by atoms with E-state index in [0.29, 0.717) is 37.6 Å². The van der Waals surface area contributed by atoms with E-state index in [1.165, 1.54) is 0 Å². The predicted octanol–water partition coefficient (Wildman–Crippen LogP) is 2.40. The van der Waals surface area contributed by atoms with Crippen molar-refractivity contribution in [2.75, 3.05) is 33.9 Å². The Balaban J connectivity index is 1.61. The minimum Gasteiger partial charge on any atom is -0.493 e. The molecule has 2 aliphatic heterocycles. The molecule has 3 aliphatic rings. The molecule has 8 nitrogen and oxygen atoms in total. The lowest BCUT2D eigenvalue weighted by atomic mass is 9.73. The molecule has 1 saturated heterocycles. The van der Waals surface area contributed by atoms with Crippen molar-refractivity contribution < 1.29 is 19.1 Å². The van der Waals surface area contributed by atoms with Gasteiger partial charge in [0.2, 0.25) is 11.8 Å². The summed E-state index contributed by atoms with van der Waals surface area (Å²) in [5, 5.41) is 6.70. The summed E-state index contributed by atoms with van der Waals surface area (Å²) in [6.45, 7) is 1.65. The Morgan fingerprint density at radius 3 is 2.41 bits per heavy atom. The maximum absolute atomic E-state index is 13.5. The molecule has 1 aliphatic carbocycles. The average molecular weight is 443 g/mol. The molecule has 0 radical (unpaired) electrons. The van der Waals surface area contributed by atoms with E-state index in [9.17, 15) is 9.59 Å². The average Bonchev–Trinajstić information content (AvgIpc) is 2.84. The first-order valence-electron chi connectivity index (χ1n) is 11.7. The summed E-state index contributed by atoms with van der Waals surface area (Å²) < 4.78 is 10.9. The maximum atomic E-state index is 13.5. The van der Waals surface area contributed by atoms with E-state index in [1.807, 2.05) is 23.1 Å². The van der Waals surface area contributed by atoms with Gasteiger partial charge >= 0.3 is 0 Å². The van der Waals surface area contributed by atoms with Crippen LogP contribution in [-0.2, 0) is 9.59 Å². The third-order valence-corrected chi connectivity index (χ3v) is 7.08. The molecule has 0 aromatic heterocycles. The van der Waals surface area contributed by atoms with Crippen molar-refractivity contribution in [3.05, 3.63) is 23.8 Å². The molecule has 1 saturated carbocycles. The van der Waals surface area contributed by atoms with Crippen LogP contribution in [0.3, 0.4) is 0 Å². The van der Waals surface area contributed by atoms with Crippen LogP contribution in [-0.4, -0.2) is 67.3 Å². The SMILES string of the molecule is COc1ccc(C2=NN(C3CCN(C(=O)CCN)CC3)C(=O)[C@@H]3CCCC[C@H]23)cc1OC. The predicted molar refractivity (Wildman–Crippen MR) is 122 cm³/mol. The smallest absolute Gasteiger partial charge is 0.246 e. The van der Waals surface area contributed by atoms with Crippen molar-refractivity contribution >= 4 is 17.5 Å². The van der Waals surface area contributed by atoms with Crippen molar-refractivity contribution in [3.8, 4) is 11.5 Å². The van der Waals surface area contributed by atoms with Crippen molar-refractivity contribution in [2.24, 2.45) is 22.7 Å². The maximum Gasteiger partial charge on any atom is 0.246 e. The number of piperidine rings is 1. The minimum absolute atomic E-state index is 0.0162. The van der Waals surface area contributed by atoms with E-state index < -0.39 is 0 Å². The first kappa shape index (κ1) is 22.6. The molecule has 2 N–H and O–H groups in total. The van der Waals surface area contributed by atoms with E-state index >= 15 is 0 Å². The number of benzene rings is 1. The van der Waals surface area contributed by atoms with Gasteiger partial charge in [-0.15, -0.1) is 0 Å².